The summed E-state index contributed by atoms with van der Waals surface area (Å²) in [4.78, 5) is 10.6. The van der Waals surface area contributed by atoms with Gasteiger partial charge in [-0.2, -0.15) is 0 Å². The Balaban J connectivity index is 0.000000217. The molecule has 0 heterocycles. The first-order valence-corrected chi connectivity index (χ1v) is 7.89. The largest absolute Gasteiger partial charge is 0.233 e. The zero-order chi connectivity index (χ0) is 14.8. The van der Waals surface area contributed by atoms with Gasteiger partial charge in [-0.25, -0.2) is 9.78 Å². The fourth-order valence-corrected chi connectivity index (χ4v) is 2.09. The van der Waals surface area contributed by atoms with Crippen molar-refractivity contribution in [3.05, 3.63) is 35.9 Å². The molecule has 0 saturated heterocycles. The van der Waals surface area contributed by atoms with Crippen molar-refractivity contribution >= 4 is 0 Å². The molecule has 1 saturated carbocycles. The molecule has 1 aliphatic rings. The molecule has 0 spiro atoms. The average molecular weight is 278 g/mol. The van der Waals surface area contributed by atoms with Gasteiger partial charge in [0.2, 0.25) is 0 Å². The van der Waals surface area contributed by atoms with Crippen LogP contribution in [0.3, 0.4) is 0 Å². The van der Waals surface area contributed by atoms with Gasteiger partial charge in [0.1, 0.15) is 0 Å². The number of benzene rings is 1. The Hall–Kier alpha value is -0.860. The van der Waals surface area contributed by atoms with Crippen LogP contribution >= 0.6 is 0 Å². The van der Waals surface area contributed by atoms with E-state index >= 15 is 0 Å². The maximum atomic E-state index is 5.35. The summed E-state index contributed by atoms with van der Waals surface area (Å²) in [6.07, 6.45) is 7.75. The number of hydrogen-bond donors (Lipinski definition) is 0. The van der Waals surface area contributed by atoms with Crippen molar-refractivity contribution in [1.82, 2.24) is 0 Å². The van der Waals surface area contributed by atoms with Gasteiger partial charge in [0.25, 0.3) is 0 Å². The highest BCUT2D eigenvalue weighted by atomic mass is 17.2. The van der Waals surface area contributed by atoms with Crippen molar-refractivity contribution in [2.24, 2.45) is 0 Å². The molecule has 0 unspecified atom stereocenters. The maximum absolute atomic E-state index is 5.35. The standard InChI is InChI=1S/C10H20O2.C8H10/c1-10(2,3)12-11-9-7-5-4-6-8-9;1-2-8-6-4-3-5-7-8/h9H,4-8H2,1-3H3;3-7H,2H2,1H3. The lowest BCUT2D eigenvalue weighted by Crippen LogP contribution is -2.25. The Kier molecular flexibility index (Phi) is 7.86. The van der Waals surface area contributed by atoms with E-state index < -0.39 is 0 Å². The highest BCUT2D eigenvalue weighted by Crippen LogP contribution is 2.22. The fourth-order valence-electron chi connectivity index (χ4n) is 2.09. The molecule has 1 aromatic carbocycles. The van der Waals surface area contributed by atoms with Crippen molar-refractivity contribution in [3.63, 3.8) is 0 Å². The number of aryl methyl sites for hydroxylation is 1. The van der Waals surface area contributed by atoms with Crippen molar-refractivity contribution in [2.45, 2.75) is 77.9 Å². The van der Waals surface area contributed by atoms with Crippen LogP contribution in [0.1, 0.15) is 65.4 Å². The van der Waals surface area contributed by atoms with E-state index in [1.165, 1.54) is 24.8 Å². The summed E-state index contributed by atoms with van der Waals surface area (Å²) < 4.78 is 0. The lowest BCUT2D eigenvalue weighted by Gasteiger charge is -2.25. The highest BCUT2D eigenvalue weighted by Gasteiger charge is 2.18. The topological polar surface area (TPSA) is 18.5 Å². The fraction of sp³-hybridized carbons (Fsp3) is 0.667. The molecule has 0 aliphatic heterocycles. The number of hydrogen-bond acceptors (Lipinski definition) is 2. The molecule has 2 nitrogen and oxygen atoms in total. The SMILES string of the molecule is CC(C)(C)OOC1CCCCC1.CCc1ccccc1. The Morgan fingerprint density at radius 3 is 2.05 bits per heavy atom. The third-order valence-electron chi connectivity index (χ3n) is 3.24. The Bertz CT molecular complexity index is 334. The van der Waals surface area contributed by atoms with E-state index in [4.69, 9.17) is 9.78 Å². The van der Waals surface area contributed by atoms with Crippen molar-refractivity contribution < 1.29 is 9.78 Å². The summed E-state index contributed by atoms with van der Waals surface area (Å²) in [6.45, 7) is 8.19. The maximum Gasteiger partial charge on any atom is 0.0952 e. The van der Waals surface area contributed by atoms with Crippen LogP contribution in [-0.4, -0.2) is 11.7 Å². The predicted molar refractivity (Wildman–Crippen MR) is 84.6 cm³/mol. The lowest BCUT2D eigenvalue weighted by atomic mass is 9.98. The molecule has 0 amide bonds. The van der Waals surface area contributed by atoms with Crippen molar-refractivity contribution in [3.8, 4) is 0 Å². The third kappa shape index (κ3) is 8.34. The predicted octanol–water partition coefficient (Wildman–Crippen LogP) is 5.31. The molecule has 0 radical (unpaired) electrons. The summed E-state index contributed by atoms with van der Waals surface area (Å²) in [5.74, 6) is 0. The van der Waals surface area contributed by atoms with Crippen LogP contribution in [0.15, 0.2) is 30.3 Å². The first kappa shape index (κ1) is 17.2. The second-order valence-electron chi connectivity index (χ2n) is 6.39. The summed E-state index contributed by atoms with van der Waals surface area (Å²) in [5, 5.41) is 0. The molecule has 1 aromatic rings. The highest BCUT2D eigenvalue weighted by molar-refractivity contribution is 5.13. The molecule has 0 atom stereocenters. The Morgan fingerprint density at radius 1 is 1.00 bits per heavy atom. The van der Waals surface area contributed by atoms with E-state index in [9.17, 15) is 0 Å². The van der Waals surface area contributed by atoms with E-state index in [-0.39, 0.29) is 5.60 Å². The molecular weight excluding hydrogens is 248 g/mol. The van der Waals surface area contributed by atoms with Gasteiger partial charge in [-0.15, -0.1) is 0 Å². The normalized spacial score (nSPS) is 16.4. The van der Waals surface area contributed by atoms with Gasteiger partial charge in [-0.3, -0.25) is 0 Å². The summed E-state index contributed by atoms with van der Waals surface area (Å²) in [5.41, 5.74) is 1.24. The first-order chi connectivity index (χ1) is 9.51. The smallest absolute Gasteiger partial charge is 0.0952 e. The summed E-state index contributed by atoms with van der Waals surface area (Å²) >= 11 is 0. The molecule has 0 N–H and O–H groups in total. The van der Waals surface area contributed by atoms with Crippen LogP contribution in [0.25, 0.3) is 0 Å². The molecule has 0 bridgehead atoms. The second-order valence-corrected chi connectivity index (χ2v) is 6.39. The summed E-state index contributed by atoms with van der Waals surface area (Å²) in [6, 6.07) is 10.5. The van der Waals surface area contributed by atoms with E-state index in [2.05, 4.69) is 31.2 Å². The minimum absolute atomic E-state index is 0.169. The minimum Gasteiger partial charge on any atom is -0.233 e. The Morgan fingerprint density at radius 2 is 1.60 bits per heavy atom. The Labute approximate surface area is 124 Å². The molecule has 20 heavy (non-hydrogen) atoms. The molecule has 2 rings (SSSR count). The van der Waals surface area contributed by atoms with E-state index in [0.29, 0.717) is 6.10 Å². The molecule has 1 fully saturated rings. The van der Waals surface area contributed by atoms with E-state index in [1.54, 1.807) is 0 Å². The van der Waals surface area contributed by atoms with Crippen LogP contribution in [0.2, 0.25) is 0 Å². The van der Waals surface area contributed by atoms with Crippen molar-refractivity contribution in [1.29, 1.82) is 0 Å². The van der Waals surface area contributed by atoms with Crippen LogP contribution in [0.4, 0.5) is 0 Å². The zero-order valence-electron chi connectivity index (χ0n) is 13.5. The van der Waals surface area contributed by atoms with Crippen LogP contribution in [-0.2, 0) is 16.2 Å². The molecule has 0 aromatic heterocycles. The van der Waals surface area contributed by atoms with Gasteiger partial charge in [-0.1, -0.05) is 56.5 Å². The van der Waals surface area contributed by atoms with Crippen molar-refractivity contribution in [2.75, 3.05) is 0 Å². The number of rotatable bonds is 3. The zero-order valence-corrected chi connectivity index (χ0v) is 13.5. The minimum atomic E-state index is -0.169. The van der Waals surface area contributed by atoms with Gasteiger partial charge in [0.15, 0.2) is 0 Å². The van der Waals surface area contributed by atoms with Gasteiger partial charge < -0.3 is 0 Å². The van der Waals surface area contributed by atoms with Crippen LogP contribution in [0.5, 0.6) is 0 Å². The summed E-state index contributed by atoms with van der Waals surface area (Å²) in [7, 11) is 0. The molecule has 2 heteroatoms. The van der Waals surface area contributed by atoms with Gasteiger partial charge in [-0.05, 0) is 45.6 Å². The first-order valence-electron chi connectivity index (χ1n) is 7.89. The molecule has 114 valence electrons. The van der Waals surface area contributed by atoms with E-state index in [1.807, 2.05) is 26.8 Å². The molecule has 1 aliphatic carbocycles. The van der Waals surface area contributed by atoms with Crippen LogP contribution < -0.4 is 0 Å². The second kappa shape index (κ2) is 9.15. The van der Waals surface area contributed by atoms with Gasteiger partial charge in [0, 0.05) is 0 Å². The monoisotopic (exact) mass is 278 g/mol. The average Bonchev–Trinajstić information content (AvgIpc) is 2.47. The van der Waals surface area contributed by atoms with Gasteiger partial charge >= 0.3 is 0 Å². The van der Waals surface area contributed by atoms with Crippen LogP contribution in [0, 0.1) is 0 Å². The van der Waals surface area contributed by atoms with Gasteiger partial charge in [0.05, 0.1) is 11.7 Å². The third-order valence-corrected chi connectivity index (χ3v) is 3.24. The quantitative estimate of drug-likeness (QED) is 0.550. The molecular formula is C18H30O2. The lowest BCUT2D eigenvalue weighted by molar-refractivity contribution is -0.376. The van der Waals surface area contributed by atoms with E-state index in [0.717, 1.165) is 19.3 Å².